The van der Waals surface area contributed by atoms with Crippen LogP contribution < -0.4 is 10.6 Å². The molecule has 0 spiro atoms. The molecule has 3 atom stereocenters. The molecule has 2 nitrogen and oxygen atoms in total. The Labute approximate surface area is 127 Å². The fourth-order valence-electron chi connectivity index (χ4n) is 3.17. The summed E-state index contributed by atoms with van der Waals surface area (Å²) in [6.07, 6.45) is 3.70. The van der Waals surface area contributed by atoms with Crippen molar-refractivity contribution in [3.63, 3.8) is 0 Å². The maximum Gasteiger partial charge on any atom is 0.0342 e. The van der Waals surface area contributed by atoms with Crippen molar-refractivity contribution in [2.75, 3.05) is 10.6 Å². The van der Waals surface area contributed by atoms with E-state index in [1.807, 2.05) is 0 Å². The fraction of sp³-hybridized carbons (Fsp3) is 0.368. The van der Waals surface area contributed by atoms with Crippen LogP contribution in [-0.4, -0.2) is 12.1 Å². The van der Waals surface area contributed by atoms with E-state index in [0.29, 0.717) is 12.1 Å². The summed E-state index contributed by atoms with van der Waals surface area (Å²) in [6.45, 7) is 2.36. The third-order valence-corrected chi connectivity index (χ3v) is 4.47. The van der Waals surface area contributed by atoms with Gasteiger partial charge in [-0.2, -0.15) is 0 Å². The molecule has 2 N–H and O–H groups in total. The van der Waals surface area contributed by atoms with Gasteiger partial charge in [0.25, 0.3) is 0 Å². The number of anilines is 2. The smallest absolute Gasteiger partial charge is 0.0342 e. The van der Waals surface area contributed by atoms with Crippen LogP contribution in [0.25, 0.3) is 0 Å². The van der Waals surface area contributed by atoms with Gasteiger partial charge < -0.3 is 10.6 Å². The van der Waals surface area contributed by atoms with Gasteiger partial charge in [-0.25, -0.2) is 0 Å². The van der Waals surface area contributed by atoms with Crippen LogP contribution in [0.5, 0.6) is 0 Å². The molecular formula is C19H24N2. The van der Waals surface area contributed by atoms with Crippen molar-refractivity contribution in [2.45, 2.75) is 38.3 Å². The zero-order valence-electron chi connectivity index (χ0n) is 12.6. The summed E-state index contributed by atoms with van der Waals surface area (Å²) in [5, 5.41) is 7.38. The molecule has 0 amide bonds. The van der Waals surface area contributed by atoms with Crippen molar-refractivity contribution < 1.29 is 0 Å². The zero-order valence-corrected chi connectivity index (χ0v) is 12.6. The van der Waals surface area contributed by atoms with Crippen LogP contribution in [0.3, 0.4) is 0 Å². The largest absolute Gasteiger partial charge is 0.382 e. The summed E-state index contributed by atoms with van der Waals surface area (Å²) in [6, 6.07) is 22.2. The van der Waals surface area contributed by atoms with Gasteiger partial charge in [-0.1, -0.05) is 43.3 Å². The van der Waals surface area contributed by atoms with Crippen LogP contribution in [0.2, 0.25) is 0 Å². The van der Waals surface area contributed by atoms with E-state index in [-0.39, 0.29) is 0 Å². The summed E-state index contributed by atoms with van der Waals surface area (Å²) in [4.78, 5) is 0. The molecule has 2 aromatic rings. The molecule has 0 bridgehead atoms. The number of hydrogen-bond acceptors (Lipinski definition) is 2. The van der Waals surface area contributed by atoms with E-state index in [1.165, 1.54) is 30.6 Å². The normalized spacial score (nSPS) is 25.3. The van der Waals surface area contributed by atoms with E-state index in [1.54, 1.807) is 0 Å². The van der Waals surface area contributed by atoms with Crippen molar-refractivity contribution in [3.8, 4) is 0 Å². The van der Waals surface area contributed by atoms with Crippen LogP contribution >= 0.6 is 0 Å². The van der Waals surface area contributed by atoms with E-state index >= 15 is 0 Å². The lowest BCUT2D eigenvalue weighted by Gasteiger charge is -2.36. The van der Waals surface area contributed by atoms with Gasteiger partial charge in [0.2, 0.25) is 0 Å². The third kappa shape index (κ3) is 3.78. The van der Waals surface area contributed by atoms with Gasteiger partial charge >= 0.3 is 0 Å². The molecule has 3 rings (SSSR count). The van der Waals surface area contributed by atoms with Crippen LogP contribution in [0, 0.1) is 5.92 Å². The highest BCUT2D eigenvalue weighted by Gasteiger charge is 2.27. The van der Waals surface area contributed by atoms with E-state index in [9.17, 15) is 0 Å². The van der Waals surface area contributed by atoms with Crippen molar-refractivity contribution in [2.24, 2.45) is 5.92 Å². The highest BCUT2D eigenvalue weighted by molar-refractivity contribution is 5.45. The topological polar surface area (TPSA) is 24.1 Å². The molecule has 1 aliphatic rings. The summed E-state index contributed by atoms with van der Waals surface area (Å²) >= 11 is 0. The average molecular weight is 280 g/mol. The Kier molecular flexibility index (Phi) is 4.44. The quantitative estimate of drug-likeness (QED) is 0.843. The second-order valence-corrected chi connectivity index (χ2v) is 6.11. The Balaban J connectivity index is 1.62. The second-order valence-electron chi connectivity index (χ2n) is 6.11. The lowest BCUT2D eigenvalue weighted by Crippen LogP contribution is -2.39. The Hall–Kier alpha value is -1.96. The Bertz CT molecular complexity index is 538. The maximum atomic E-state index is 3.71. The van der Waals surface area contributed by atoms with Crippen molar-refractivity contribution in [1.82, 2.24) is 0 Å². The van der Waals surface area contributed by atoms with Crippen molar-refractivity contribution in [1.29, 1.82) is 0 Å². The standard InChI is InChI=1S/C19H24N2/c1-15-12-13-18(20-16-8-4-2-5-9-16)14-19(15)21-17-10-6-3-7-11-17/h2-11,15,18-21H,12-14H2,1H3. The number of hydrogen-bond donors (Lipinski definition) is 2. The van der Waals surface area contributed by atoms with E-state index in [4.69, 9.17) is 0 Å². The van der Waals surface area contributed by atoms with Gasteiger partial charge in [-0.05, 0) is 49.4 Å². The highest BCUT2D eigenvalue weighted by Crippen LogP contribution is 2.29. The fourth-order valence-corrected chi connectivity index (χ4v) is 3.17. The van der Waals surface area contributed by atoms with Gasteiger partial charge in [0, 0.05) is 23.5 Å². The number of benzene rings is 2. The van der Waals surface area contributed by atoms with E-state index < -0.39 is 0 Å². The molecule has 0 heterocycles. The van der Waals surface area contributed by atoms with Crippen LogP contribution in [0.15, 0.2) is 60.7 Å². The molecule has 1 saturated carbocycles. The Morgan fingerprint density at radius 3 is 1.95 bits per heavy atom. The first kappa shape index (κ1) is 14.0. The molecule has 3 unspecified atom stereocenters. The van der Waals surface area contributed by atoms with Gasteiger partial charge in [0.1, 0.15) is 0 Å². The lowest BCUT2D eigenvalue weighted by atomic mass is 9.82. The summed E-state index contributed by atoms with van der Waals surface area (Å²) in [5.41, 5.74) is 2.46. The molecule has 0 radical (unpaired) electrons. The minimum absolute atomic E-state index is 0.544. The predicted molar refractivity (Wildman–Crippen MR) is 90.7 cm³/mol. The SMILES string of the molecule is CC1CCC(Nc2ccccc2)CC1Nc1ccccc1. The molecule has 1 aliphatic carbocycles. The summed E-state index contributed by atoms with van der Waals surface area (Å²) < 4.78 is 0. The van der Waals surface area contributed by atoms with Gasteiger partial charge in [-0.3, -0.25) is 0 Å². The summed E-state index contributed by atoms with van der Waals surface area (Å²) in [5.74, 6) is 0.721. The second kappa shape index (κ2) is 6.66. The molecule has 110 valence electrons. The monoisotopic (exact) mass is 280 g/mol. The van der Waals surface area contributed by atoms with Crippen LogP contribution in [0.1, 0.15) is 26.2 Å². The van der Waals surface area contributed by atoms with E-state index in [2.05, 4.69) is 78.2 Å². The number of para-hydroxylation sites is 2. The first-order valence-corrected chi connectivity index (χ1v) is 7.94. The number of rotatable bonds is 4. The molecule has 0 aromatic heterocycles. The molecule has 21 heavy (non-hydrogen) atoms. The van der Waals surface area contributed by atoms with Gasteiger partial charge in [-0.15, -0.1) is 0 Å². The molecule has 1 fully saturated rings. The minimum Gasteiger partial charge on any atom is -0.382 e. The average Bonchev–Trinajstić information content (AvgIpc) is 2.53. The van der Waals surface area contributed by atoms with E-state index in [0.717, 1.165) is 5.92 Å². The first-order chi connectivity index (χ1) is 10.3. The Morgan fingerprint density at radius 1 is 0.762 bits per heavy atom. The number of nitrogens with one attached hydrogen (secondary N) is 2. The lowest BCUT2D eigenvalue weighted by molar-refractivity contribution is 0.329. The molecule has 0 aliphatic heterocycles. The zero-order chi connectivity index (χ0) is 14.5. The van der Waals surface area contributed by atoms with Crippen molar-refractivity contribution in [3.05, 3.63) is 60.7 Å². The third-order valence-electron chi connectivity index (χ3n) is 4.47. The molecule has 2 heteroatoms. The van der Waals surface area contributed by atoms with Crippen LogP contribution in [-0.2, 0) is 0 Å². The Morgan fingerprint density at radius 2 is 1.33 bits per heavy atom. The molecular weight excluding hydrogens is 256 g/mol. The highest BCUT2D eigenvalue weighted by atomic mass is 15.0. The van der Waals surface area contributed by atoms with Crippen LogP contribution in [0.4, 0.5) is 11.4 Å². The van der Waals surface area contributed by atoms with Gasteiger partial charge in [0.15, 0.2) is 0 Å². The van der Waals surface area contributed by atoms with Crippen molar-refractivity contribution >= 4 is 11.4 Å². The minimum atomic E-state index is 0.544. The predicted octanol–water partition coefficient (Wildman–Crippen LogP) is 4.77. The van der Waals surface area contributed by atoms with Gasteiger partial charge in [0.05, 0.1) is 0 Å². The maximum absolute atomic E-state index is 3.71. The summed E-state index contributed by atoms with van der Waals surface area (Å²) in [7, 11) is 0. The molecule has 2 aromatic carbocycles. The first-order valence-electron chi connectivity index (χ1n) is 7.94. The molecule has 0 saturated heterocycles.